The van der Waals surface area contributed by atoms with E-state index >= 15 is 0 Å². The van der Waals surface area contributed by atoms with E-state index in [2.05, 4.69) is 15.4 Å². The maximum absolute atomic E-state index is 5.36. The molecule has 0 fully saturated rings. The van der Waals surface area contributed by atoms with Crippen molar-refractivity contribution >= 4 is 18.0 Å². The number of aromatic nitrogens is 3. The van der Waals surface area contributed by atoms with E-state index in [0.29, 0.717) is 11.2 Å². The smallest absolute Gasteiger partial charge is 0.186 e. The van der Waals surface area contributed by atoms with Crippen LogP contribution in [0.1, 0.15) is 0 Å². The van der Waals surface area contributed by atoms with Crippen molar-refractivity contribution in [3.05, 3.63) is 4.64 Å². The molecule has 0 aliphatic heterocycles. The van der Waals surface area contributed by atoms with Gasteiger partial charge >= 0.3 is 0 Å². The van der Waals surface area contributed by atoms with Gasteiger partial charge in [-0.15, -0.1) is 5.10 Å². The highest BCUT2D eigenvalue weighted by Gasteiger charge is 2.03. The van der Waals surface area contributed by atoms with Crippen molar-refractivity contribution < 1.29 is 0 Å². The van der Waals surface area contributed by atoms with Gasteiger partial charge in [-0.05, 0) is 0 Å². The van der Waals surface area contributed by atoms with Crippen LogP contribution in [0.25, 0.3) is 0 Å². The van der Waals surface area contributed by atoms with Gasteiger partial charge in [0.1, 0.15) is 0 Å². The lowest BCUT2D eigenvalue weighted by Gasteiger charge is -2.12. The van der Waals surface area contributed by atoms with E-state index in [0.717, 1.165) is 12.4 Å². The van der Waals surface area contributed by atoms with Gasteiger partial charge in [0, 0.05) is 20.1 Å². The predicted molar refractivity (Wildman–Crippen MR) is 46.1 cm³/mol. The maximum atomic E-state index is 5.36. The highest BCUT2D eigenvalue weighted by Crippen LogP contribution is 2.05. The van der Waals surface area contributed by atoms with E-state index < -0.39 is 0 Å². The van der Waals surface area contributed by atoms with E-state index in [1.54, 1.807) is 0 Å². The highest BCUT2D eigenvalue weighted by molar-refractivity contribution is 7.71. The molecule has 1 heterocycles. The number of rotatable bonds is 3. The quantitative estimate of drug-likeness (QED) is 0.556. The summed E-state index contributed by atoms with van der Waals surface area (Å²) in [6.07, 6.45) is 0. The molecule has 1 aromatic rings. The summed E-state index contributed by atoms with van der Waals surface area (Å²) in [4.78, 5) is 1.90. The minimum absolute atomic E-state index is 0.595. The third-order valence-corrected chi connectivity index (χ3v) is 1.65. The molecule has 0 saturated carbocycles. The van der Waals surface area contributed by atoms with Gasteiger partial charge in [-0.1, -0.05) is 12.2 Å². The van der Waals surface area contributed by atoms with Gasteiger partial charge in [0.25, 0.3) is 0 Å². The number of nitrogens with zero attached hydrogens (tertiary/aromatic N) is 2. The van der Waals surface area contributed by atoms with Crippen molar-refractivity contribution in [2.24, 2.45) is 5.73 Å². The molecule has 0 aliphatic carbocycles. The topological polar surface area (TPSA) is 73.7 Å². The third-order valence-electron chi connectivity index (χ3n) is 1.36. The molecule has 1 aromatic heterocycles. The third kappa shape index (κ3) is 1.78. The summed E-state index contributed by atoms with van der Waals surface area (Å²) < 4.78 is 0.612. The van der Waals surface area contributed by atoms with Crippen molar-refractivity contribution in [1.29, 1.82) is 0 Å². The zero-order valence-corrected chi connectivity index (χ0v) is 7.11. The molecule has 1 rings (SSSR count). The summed E-state index contributed by atoms with van der Waals surface area (Å²) in [6.45, 7) is 1.35. The number of nitrogens with one attached hydrogen (secondary N) is 2. The fraction of sp³-hybridized carbons (Fsp3) is 0.600. The van der Waals surface area contributed by atoms with Gasteiger partial charge < -0.3 is 10.6 Å². The average Bonchev–Trinajstić information content (AvgIpc) is 2.36. The second-order valence-corrected chi connectivity index (χ2v) is 2.62. The number of aromatic amines is 2. The van der Waals surface area contributed by atoms with Crippen molar-refractivity contribution in [1.82, 2.24) is 15.4 Å². The molecule has 0 radical (unpaired) electrons. The van der Waals surface area contributed by atoms with Crippen LogP contribution in [0.4, 0.5) is 5.82 Å². The summed E-state index contributed by atoms with van der Waals surface area (Å²) in [7, 11) is 1.90. The molecule has 0 amide bonds. The molecule has 5 nitrogen and oxygen atoms in total. The minimum Gasteiger partial charge on any atom is -0.354 e. The van der Waals surface area contributed by atoms with E-state index in [4.69, 9.17) is 18.0 Å². The van der Waals surface area contributed by atoms with E-state index in [1.807, 2.05) is 11.9 Å². The largest absolute Gasteiger partial charge is 0.354 e. The van der Waals surface area contributed by atoms with Crippen LogP contribution in [0, 0.1) is 4.64 Å². The lowest BCUT2D eigenvalue weighted by molar-refractivity contribution is 0.855. The summed E-state index contributed by atoms with van der Waals surface area (Å²) in [5.41, 5.74) is 5.36. The van der Waals surface area contributed by atoms with Crippen LogP contribution < -0.4 is 10.6 Å². The molecule has 0 spiro atoms. The Hall–Kier alpha value is -0.880. The Morgan fingerprint density at radius 2 is 2.45 bits per heavy atom. The normalized spacial score (nSPS) is 10.0. The molecule has 0 bridgehead atoms. The zero-order valence-electron chi connectivity index (χ0n) is 6.29. The summed E-state index contributed by atoms with van der Waals surface area (Å²) in [5.74, 6) is 0.741. The fourth-order valence-electron chi connectivity index (χ4n) is 0.797. The molecule has 6 heteroatoms. The summed E-state index contributed by atoms with van der Waals surface area (Å²) in [5, 5.41) is 9.20. The van der Waals surface area contributed by atoms with Gasteiger partial charge in [-0.2, -0.15) is 0 Å². The molecule has 0 unspecified atom stereocenters. The first-order valence-corrected chi connectivity index (χ1v) is 3.70. The number of hydrogen-bond donors (Lipinski definition) is 3. The molecule has 11 heavy (non-hydrogen) atoms. The van der Waals surface area contributed by atoms with Crippen molar-refractivity contribution in [2.45, 2.75) is 0 Å². The Labute approximate surface area is 69.6 Å². The van der Waals surface area contributed by atoms with Crippen LogP contribution in [0.3, 0.4) is 0 Å². The van der Waals surface area contributed by atoms with Crippen LogP contribution in [0.5, 0.6) is 0 Å². The molecule has 0 aromatic carbocycles. The Morgan fingerprint density at radius 1 is 1.73 bits per heavy atom. The minimum atomic E-state index is 0.595. The average molecular weight is 173 g/mol. The van der Waals surface area contributed by atoms with Crippen LogP contribution in [-0.2, 0) is 0 Å². The SMILES string of the molecule is CN(CCN)c1n[nH][nH]c1=S. The van der Waals surface area contributed by atoms with Crippen LogP contribution in [0.15, 0.2) is 0 Å². The highest BCUT2D eigenvalue weighted by atomic mass is 32.1. The molecule has 0 atom stereocenters. The van der Waals surface area contributed by atoms with Crippen molar-refractivity contribution in [3.63, 3.8) is 0 Å². The monoisotopic (exact) mass is 173 g/mol. The number of likely N-dealkylation sites (N-methyl/N-ethyl adjacent to an activating group) is 1. The Morgan fingerprint density at radius 3 is 2.91 bits per heavy atom. The first kappa shape index (κ1) is 8.22. The molecule has 4 N–H and O–H groups in total. The van der Waals surface area contributed by atoms with Crippen molar-refractivity contribution in [2.75, 3.05) is 25.0 Å². The maximum Gasteiger partial charge on any atom is 0.186 e. The van der Waals surface area contributed by atoms with Crippen LogP contribution >= 0.6 is 12.2 Å². The number of hydrogen-bond acceptors (Lipinski definition) is 4. The Balaban J connectivity index is 2.75. The molecule has 0 saturated heterocycles. The van der Waals surface area contributed by atoms with Crippen LogP contribution in [-0.4, -0.2) is 35.5 Å². The first-order valence-electron chi connectivity index (χ1n) is 3.30. The van der Waals surface area contributed by atoms with E-state index in [-0.39, 0.29) is 0 Å². The standard InChI is InChI=1S/C5H11N5S/c1-10(3-2-6)4-5(11)8-9-7-4/h2-3,6H2,1H3,(H2,7,8,9,11). The fourth-order valence-corrected chi connectivity index (χ4v) is 1.04. The number of nitrogens with two attached hydrogens (primary N) is 1. The molecular weight excluding hydrogens is 162 g/mol. The van der Waals surface area contributed by atoms with E-state index in [1.165, 1.54) is 0 Å². The van der Waals surface area contributed by atoms with Crippen molar-refractivity contribution in [3.8, 4) is 0 Å². The zero-order chi connectivity index (χ0) is 8.27. The van der Waals surface area contributed by atoms with Gasteiger partial charge in [0.2, 0.25) is 0 Å². The van der Waals surface area contributed by atoms with Gasteiger partial charge in [-0.25, -0.2) is 5.21 Å². The van der Waals surface area contributed by atoms with E-state index in [9.17, 15) is 0 Å². The van der Waals surface area contributed by atoms with Gasteiger partial charge in [0.15, 0.2) is 10.5 Å². The first-order chi connectivity index (χ1) is 5.25. The lowest BCUT2D eigenvalue weighted by Crippen LogP contribution is -2.25. The number of anilines is 1. The summed E-state index contributed by atoms with van der Waals surface area (Å²) >= 11 is 4.94. The lowest BCUT2D eigenvalue weighted by atomic mass is 10.5. The summed E-state index contributed by atoms with van der Waals surface area (Å²) in [6, 6.07) is 0. The predicted octanol–water partition coefficient (Wildman–Crippen LogP) is -0.138. The molecule has 62 valence electrons. The molecule has 0 aliphatic rings. The second kappa shape index (κ2) is 3.49. The van der Waals surface area contributed by atoms with Gasteiger partial charge in [0.05, 0.1) is 0 Å². The van der Waals surface area contributed by atoms with Gasteiger partial charge in [-0.3, -0.25) is 5.10 Å². The molecular formula is C5H11N5S. The Kier molecular flexibility index (Phi) is 2.61. The van der Waals surface area contributed by atoms with Crippen LogP contribution in [0.2, 0.25) is 0 Å². The number of H-pyrrole nitrogens is 2. The second-order valence-electron chi connectivity index (χ2n) is 2.21. The Bertz CT molecular complexity index is 264.